The maximum Gasteiger partial charge on any atom is 0.414 e. The number of nitriles is 1. The van der Waals surface area contributed by atoms with Crippen molar-refractivity contribution in [3.05, 3.63) is 27.7 Å². The first-order valence-corrected chi connectivity index (χ1v) is 9.93. The molecular formula is C19H21Cl2N5O6. The third-order valence-corrected chi connectivity index (χ3v) is 4.25. The average molecular weight is 486 g/mol. The highest BCUT2D eigenvalue weighted by Crippen LogP contribution is 2.37. The van der Waals surface area contributed by atoms with E-state index >= 15 is 0 Å². The maximum atomic E-state index is 12.3. The van der Waals surface area contributed by atoms with Crippen LogP contribution in [0.3, 0.4) is 0 Å². The van der Waals surface area contributed by atoms with Crippen LogP contribution in [0.15, 0.2) is 17.2 Å². The topological polar surface area (TPSA) is 159 Å². The molecule has 0 aliphatic heterocycles. The number of hydrogen-bond donors (Lipinski definition) is 3. The summed E-state index contributed by atoms with van der Waals surface area (Å²) < 4.78 is 9.16. The highest BCUT2D eigenvalue weighted by Gasteiger charge is 2.27. The van der Waals surface area contributed by atoms with Gasteiger partial charge in [-0.3, -0.25) is 25.6 Å². The predicted octanol–water partition coefficient (Wildman–Crippen LogP) is 3.11. The summed E-state index contributed by atoms with van der Waals surface area (Å²) in [5.41, 5.74) is 1.06. The van der Waals surface area contributed by atoms with E-state index in [1.165, 1.54) is 26.0 Å². The molecule has 0 aliphatic rings. The number of amides is 4. The second kappa shape index (κ2) is 11.9. The van der Waals surface area contributed by atoms with Gasteiger partial charge in [0.2, 0.25) is 5.71 Å². The number of halogens is 2. The van der Waals surface area contributed by atoms with Gasteiger partial charge in [-0.1, -0.05) is 23.2 Å². The SMILES string of the molecule is CCOC(=O)NC(=O)C(=NNc1cc(Cl)c(C(C)(C)C#N)c(Cl)c1)C(=O)NC(=O)OCC. The van der Waals surface area contributed by atoms with Gasteiger partial charge < -0.3 is 9.47 Å². The summed E-state index contributed by atoms with van der Waals surface area (Å²) in [7, 11) is 0. The second-order valence-corrected chi connectivity index (χ2v) is 7.29. The van der Waals surface area contributed by atoms with Crippen LogP contribution in [0.1, 0.15) is 33.3 Å². The molecule has 0 atom stereocenters. The molecule has 0 aliphatic carbocycles. The van der Waals surface area contributed by atoms with Gasteiger partial charge in [0.25, 0.3) is 11.8 Å². The van der Waals surface area contributed by atoms with Gasteiger partial charge in [0.1, 0.15) is 0 Å². The maximum absolute atomic E-state index is 12.3. The van der Waals surface area contributed by atoms with Crippen molar-refractivity contribution >= 4 is 58.6 Å². The Morgan fingerprint density at radius 1 is 1.00 bits per heavy atom. The van der Waals surface area contributed by atoms with E-state index in [-0.39, 0.29) is 28.9 Å². The Morgan fingerprint density at radius 3 is 1.81 bits per heavy atom. The van der Waals surface area contributed by atoms with Crippen molar-refractivity contribution < 1.29 is 28.7 Å². The van der Waals surface area contributed by atoms with E-state index in [4.69, 9.17) is 23.2 Å². The minimum Gasteiger partial charge on any atom is -0.450 e. The first-order chi connectivity index (χ1) is 15.0. The molecule has 0 aromatic heterocycles. The van der Waals surface area contributed by atoms with Crippen LogP contribution in [0.5, 0.6) is 0 Å². The fourth-order valence-electron chi connectivity index (χ4n) is 2.25. The Bertz CT molecular complexity index is 930. The van der Waals surface area contributed by atoms with Gasteiger partial charge >= 0.3 is 12.2 Å². The van der Waals surface area contributed by atoms with E-state index < -0.39 is 35.1 Å². The smallest absolute Gasteiger partial charge is 0.414 e. The first kappa shape index (κ1) is 26.7. The predicted molar refractivity (Wildman–Crippen MR) is 116 cm³/mol. The fourth-order valence-corrected chi connectivity index (χ4v) is 3.21. The van der Waals surface area contributed by atoms with Crippen LogP contribution in [0, 0.1) is 11.3 Å². The lowest BCUT2D eigenvalue weighted by atomic mass is 9.86. The molecule has 0 spiro atoms. The summed E-state index contributed by atoms with van der Waals surface area (Å²) in [6.07, 6.45) is -2.24. The summed E-state index contributed by atoms with van der Waals surface area (Å²) in [6, 6.07) is 4.83. The molecule has 0 unspecified atom stereocenters. The van der Waals surface area contributed by atoms with Crippen LogP contribution in [0.2, 0.25) is 10.0 Å². The number of carbonyl (C=O) groups is 4. The number of anilines is 1. The Labute approximate surface area is 194 Å². The molecule has 172 valence electrons. The molecule has 1 aromatic rings. The van der Waals surface area contributed by atoms with E-state index in [1.807, 2.05) is 0 Å². The van der Waals surface area contributed by atoms with Crippen LogP contribution in [-0.2, 0) is 24.5 Å². The molecule has 0 bridgehead atoms. The molecule has 3 N–H and O–H groups in total. The Balaban J connectivity index is 3.25. The lowest BCUT2D eigenvalue weighted by Gasteiger charge is -2.20. The van der Waals surface area contributed by atoms with Crippen LogP contribution >= 0.6 is 23.2 Å². The van der Waals surface area contributed by atoms with Gasteiger partial charge in [-0.05, 0) is 39.8 Å². The summed E-state index contributed by atoms with van der Waals surface area (Å²) in [5, 5.41) is 16.8. The molecule has 4 amide bonds. The van der Waals surface area contributed by atoms with Crippen molar-refractivity contribution in [3.8, 4) is 6.07 Å². The number of rotatable bonds is 7. The van der Waals surface area contributed by atoms with E-state index in [9.17, 15) is 24.4 Å². The number of nitrogens with one attached hydrogen (secondary N) is 3. The second-order valence-electron chi connectivity index (χ2n) is 6.47. The normalized spacial score (nSPS) is 10.3. The molecule has 0 saturated carbocycles. The van der Waals surface area contributed by atoms with E-state index in [1.54, 1.807) is 24.5 Å². The summed E-state index contributed by atoms with van der Waals surface area (Å²) in [5.74, 6) is -2.51. The fraction of sp³-hybridized carbons (Fsp3) is 0.368. The van der Waals surface area contributed by atoms with E-state index in [2.05, 4.69) is 26.1 Å². The molecule has 0 saturated heterocycles. The zero-order valence-corrected chi connectivity index (χ0v) is 19.2. The summed E-state index contributed by atoms with van der Waals surface area (Å²) in [4.78, 5) is 47.6. The zero-order chi connectivity index (χ0) is 24.5. The highest BCUT2D eigenvalue weighted by atomic mass is 35.5. The third kappa shape index (κ3) is 7.40. The van der Waals surface area contributed by atoms with Crippen LogP contribution < -0.4 is 16.1 Å². The Hall–Kier alpha value is -3.36. The minimum absolute atomic E-state index is 0.0265. The number of hydrazone groups is 1. The Morgan fingerprint density at radius 2 is 1.44 bits per heavy atom. The largest absolute Gasteiger partial charge is 0.450 e. The highest BCUT2D eigenvalue weighted by molar-refractivity contribution is 6.66. The first-order valence-electron chi connectivity index (χ1n) is 9.17. The van der Waals surface area contributed by atoms with Crippen LogP contribution in [0.4, 0.5) is 15.3 Å². The standard InChI is InChI=1S/C19H21Cl2N5O6/c1-5-31-17(29)23-15(27)14(16(28)24-18(30)32-6-2)26-25-10-7-11(20)13(12(21)8-10)19(3,4)9-22/h7-8,25H,5-6H2,1-4H3,(H,23,27,29)(H,24,28,30). The zero-order valence-electron chi connectivity index (χ0n) is 17.7. The minimum atomic E-state index is -1.25. The number of carbonyl (C=O) groups excluding carboxylic acids is 4. The molecule has 0 heterocycles. The lowest BCUT2D eigenvalue weighted by Crippen LogP contribution is -2.46. The van der Waals surface area contributed by atoms with Crippen molar-refractivity contribution in [2.24, 2.45) is 5.10 Å². The van der Waals surface area contributed by atoms with E-state index in [0.29, 0.717) is 5.56 Å². The number of benzene rings is 1. The number of ether oxygens (including phenoxy) is 2. The number of nitrogens with zero attached hydrogens (tertiary/aromatic N) is 2. The van der Waals surface area contributed by atoms with Gasteiger partial charge in [-0.15, -0.1) is 0 Å². The quantitative estimate of drug-likeness (QED) is 0.301. The number of imide groups is 2. The number of hydrogen-bond acceptors (Lipinski definition) is 9. The Kier molecular flexibility index (Phi) is 9.90. The lowest BCUT2D eigenvalue weighted by molar-refractivity contribution is -0.118. The van der Waals surface area contributed by atoms with Crippen molar-refractivity contribution in [1.82, 2.24) is 10.6 Å². The molecule has 0 fully saturated rings. The molecule has 11 nitrogen and oxygen atoms in total. The molecule has 13 heteroatoms. The monoisotopic (exact) mass is 485 g/mol. The van der Waals surface area contributed by atoms with Crippen molar-refractivity contribution in [2.75, 3.05) is 18.6 Å². The van der Waals surface area contributed by atoms with Gasteiger partial charge in [-0.25, -0.2) is 9.59 Å². The summed E-state index contributed by atoms with van der Waals surface area (Å²) >= 11 is 12.5. The van der Waals surface area contributed by atoms with Gasteiger partial charge in [0.15, 0.2) is 0 Å². The molecule has 0 radical (unpaired) electrons. The molecule has 32 heavy (non-hydrogen) atoms. The van der Waals surface area contributed by atoms with Gasteiger partial charge in [0.05, 0.1) is 30.4 Å². The third-order valence-electron chi connectivity index (χ3n) is 3.66. The van der Waals surface area contributed by atoms with Crippen molar-refractivity contribution in [2.45, 2.75) is 33.1 Å². The molecule has 1 aromatic carbocycles. The average Bonchev–Trinajstić information content (AvgIpc) is 2.67. The van der Waals surface area contributed by atoms with Gasteiger partial charge in [0, 0.05) is 15.6 Å². The van der Waals surface area contributed by atoms with Gasteiger partial charge in [-0.2, -0.15) is 10.4 Å². The van der Waals surface area contributed by atoms with Crippen molar-refractivity contribution in [3.63, 3.8) is 0 Å². The summed E-state index contributed by atoms with van der Waals surface area (Å²) in [6.45, 7) is 6.23. The van der Waals surface area contributed by atoms with Crippen LogP contribution in [0.25, 0.3) is 0 Å². The number of alkyl carbamates (subject to hydrolysis) is 2. The molecular weight excluding hydrogens is 465 g/mol. The van der Waals surface area contributed by atoms with E-state index in [0.717, 1.165) is 0 Å². The van der Waals surface area contributed by atoms with Crippen molar-refractivity contribution in [1.29, 1.82) is 5.26 Å². The molecule has 1 rings (SSSR count). The van der Waals surface area contributed by atoms with Crippen LogP contribution in [-0.4, -0.2) is 42.9 Å².